The van der Waals surface area contributed by atoms with Crippen molar-refractivity contribution in [1.29, 1.82) is 0 Å². The van der Waals surface area contributed by atoms with Crippen LogP contribution in [-0.4, -0.2) is 17.5 Å². The van der Waals surface area contributed by atoms with Crippen molar-refractivity contribution < 1.29 is 9.90 Å². The van der Waals surface area contributed by atoms with Crippen molar-refractivity contribution in [2.45, 2.75) is 39.2 Å². The maximum absolute atomic E-state index is 10.0. The van der Waals surface area contributed by atoms with E-state index in [4.69, 9.17) is 0 Å². The van der Waals surface area contributed by atoms with E-state index in [1.54, 1.807) is 6.08 Å². The van der Waals surface area contributed by atoms with Crippen molar-refractivity contribution in [2.75, 3.05) is 0 Å². The summed E-state index contributed by atoms with van der Waals surface area (Å²) in [5.74, 6) is 0. The summed E-state index contributed by atoms with van der Waals surface area (Å²) in [4.78, 5) is 10.0. The van der Waals surface area contributed by atoms with Crippen molar-refractivity contribution in [3.8, 4) is 0 Å². The molecule has 1 N–H and O–H groups in total. The van der Waals surface area contributed by atoms with Crippen LogP contribution in [-0.2, 0) is 4.79 Å². The standard InChI is InChI=1S/C9H16O2/c1-3-4-9(11)7-8(2)5-6-10/h6-7,9,11H,3-5H2,1-2H3/b8-7+. The fourth-order valence-corrected chi connectivity index (χ4v) is 0.907. The van der Waals surface area contributed by atoms with E-state index in [0.29, 0.717) is 6.42 Å². The quantitative estimate of drug-likeness (QED) is 0.485. The fourth-order valence-electron chi connectivity index (χ4n) is 0.907. The fraction of sp³-hybridized carbons (Fsp3) is 0.667. The molecule has 2 heteroatoms. The molecule has 0 aromatic rings. The van der Waals surface area contributed by atoms with E-state index < -0.39 is 0 Å². The third kappa shape index (κ3) is 5.80. The molecule has 0 saturated heterocycles. The summed E-state index contributed by atoms with van der Waals surface area (Å²) in [7, 11) is 0. The number of hydrogen-bond donors (Lipinski definition) is 1. The lowest BCUT2D eigenvalue weighted by Crippen LogP contribution is -2.01. The molecule has 0 amide bonds. The van der Waals surface area contributed by atoms with Gasteiger partial charge >= 0.3 is 0 Å². The Morgan fingerprint density at radius 1 is 1.64 bits per heavy atom. The van der Waals surface area contributed by atoms with Gasteiger partial charge in [-0.3, -0.25) is 0 Å². The van der Waals surface area contributed by atoms with Gasteiger partial charge in [-0.25, -0.2) is 0 Å². The van der Waals surface area contributed by atoms with E-state index in [0.717, 1.165) is 24.7 Å². The van der Waals surface area contributed by atoms with Crippen LogP contribution in [0.25, 0.3) is 0 Å². The summed E-state index contributed by atoms with van der Waals surface area (Å²) in [6.45, 7) is 3.87. The molecule has 11 heavy (non-hydrogen) atoms. The highest BCUT2D eigenvalue weighted by Crippen LogP contribution is 2.03. The van der Waals surface area contributed by atoms with Crippen LogP contribution in [0.5, 0.6) is 0 Å². The molecule has 0 heterocycles. The molecular weight excluding hydrogens is 140 g/mol. The Bertz CT molecular complexity index is 138. The zero-order chi connectivity index (χ0) is 8.69. The van der Waals surface area contributed by atoms with E-state index in [-0.39, 0.29) is 6.10 Å². The molecule has 0 rings (SSSR count). The van der Waals surface area contributed by atoms with Gasteiger partial charge in [0.1, 0.15) is 6.29 Å². The molecule has 0 spiro atoms. The second-order valence-electron chi connectivity index (χ2n) is 2.74. The van der Waals surface area contributed by atoms with Gasteiger partial charge in [0.15, 0.2) is 0 Å². The number of carbonyl (C=O) groups excluding carboxylic acids is 1. The van der Waals surface area contributed by atoms with Gasteiger partial charge < -0.3 is 9.90 Å². The number of hydrogen-bond acceptors (Lipinski definition) is 2. The molecule has 1 atom stereocenters. The SMILES string of the molecule is CCCC(O)/C=C(\C)CC=O. The van der Waals surface area contributed by atoms with Crippen LogP contribution in [0.15, 0.2) is 11.6 Å². The van der Waals surface area contributed by atoms with Gasteiger partial charge in [-0.05, 0) is 13.3 Å². The molecule has 0 saturated carbocycles. The van der Waals surface area contributed by atoms with Crippen molar-refractivity contribution in [3.05, 3.63) is 11.6 Å². The average molecular weight is 156 g/mol. The first-order valence-electron chi connectivity index (χ1n) is 3.99. The van der Waals surface area contributed by atoms with Gasteiger partial charge in [0.05, 0.1) is 6.10 Å². The Labute approximate surface area is 67.9 Å². The molecule has 0 aliphatic rings. The normalized spacial score (nSPS) is 14.6. The minimum Gasteiger partial charge on any atom is -0.389 e. The highest BCUT2D eigenvalue weighted by molar-refractivity contribution is 5.53. The highest BCUT2D eigenvalue weighted by atomic mass is 16.3. The summed E-state index contributed by atoms with van der Waals surface area (Å²) in [5.41, 5.74) is 0.945. The molecular formula is C9H16O2. The first-order valence-corrected chi connectivity index (χ1v) is 3.99. The first-order chi connectivity index (χ1) is 5.20. The molecule has 0 aromatic heterocycles. The monoisotopic (exact) mass is 156 g/mol. The molecule has 0 fully saturated rings. The number of rotatable bonds is 5. The zero-order valence-corrected chi connectivity index (χ0v) is 7.21. The highest BCUT2D eigenvalue weighted by Gasteiger charge is 1.97. The van der Waals surface area contributed by atoms with Crippen molar-refractivity contribution in [3.63, 3.8) is 0 Å². The van der Waals surface area contributed by atoms with Crippen LogP contribution in [0.4, 0.5) is 0 Å². The predicted octanol–water partition coefficient (Wildman–Crippen LogP) is 1.68. The maximum Gasteiger partial charge on any atom is 0.124 e. The molecule has 64 valence electrons. The van der Waals surface area contributed by atoms with Crippen molar-refractivity contribution >= 4 is 6.29 Å². The van der Waals surface area contributed by atoms with Crippen LogP contribution in [0.1, 0.15) is 33.1 Å². The van der Waals surface area contributed by atoms with Crippen LogP contribution >= 0.6 is 0 Å². The van der Waals surface area contributed by atoms with Gasteiger partial charge in [-0.2, -0.15) is 0 Å². The van der Waals surface area contributed by atoms with Gasteiger partial charge in [0, 0.05) is 6.42 Å². The van der Waals surface area contributed by atoms with Crippen molar-refractivity contribution in [1.82, 2.24) is 0 Å². The Morgan fingerprint density at radius 3 is 2.73 bits per heavy atom. The smallest absolute Gasteiger partial charge is 0.124 e. The lowest BCUT2D eigenvalue weighted by molar-refractivity contribution is -0.107. The van der Waals surface area contributed by atoms with Crippen LogP contribution in [0.2, 0.25) is 0 Å². The van der Waals surface area contributed by atoms with Gasteiger partial charge in [-0.1, -0.05) is 25.0 Å². The number of carbonyl (C=O) groups is 1. The molecule has 0 aromatic carbocycles. The summed E-state index contributed by atoms with van der Waals surface area (Å²) in [6.07, 6.45) is 4.39. The Hall–Kier alpha value is -0.630. The van der Waals surface area contributed by atoms with E-state index >= 15 is 0 Å². The van der Waals surface area contributed by atoms with Crippen LogP contribution < -0.4 is 0 Å². The van der Waals surface area contributed by atoms with Gasteiger partial charge in [0.2, 0.25) is 0 Å². The molecule has 2 nitrogen and oxygen atoms in total. The average Bonchev–Trinajstić information content (AvgIpc) is 1.87. The predicted molar refractivity (Wildman–Crippen MR) is 45.4 cm³/mol. The van der Waals surface area contributed by atoms with Crippen LogP contribution in [0, 0.1) is 0 Å². The number of aliphatic hydroxyl groups excluding tert-OH is 1. The molecule has 0 radical (unpaired) electrons. The van der Waals surface area contributed by atoms with Gasteiger partial charge in [-0.15, -0.1) is 0 Å². The van der Waals surface area contributed by atoms with Gasteiger partial charge in [0.25, 0.3) is 0 Å². The second-order valence-corrected chi connectivity index (χ2v) is 2.74. The molecule has 0 bridgehead atoms. The summed E-state index contributed by atoms with van der Waals surface area (Å²) in [6, 6.07) is 0. The Kier molecular flexibility index (Phi) is 5.75. The lowest BCUT2D eigenvalue weighted by atomic mass is 10.1. The zero-order valence-electron chi connectivity index (χ0n) is 7.21. The molecule has 1 unspecified atom stereocenters. The molecule has 0 aliphatic carbocycles. The van der Waals surface area contributed by atoms with Crippen LogP contribution in [0.3, 0.4) is 0 Å². The molecule has 0 aliphatic heterocycles. The second kappa shape index (κ2) is 6.10. The number of aliphatic hydroxyl groups is 1. The third-order valence-corrected chi connectivity index (χ3v) is 1.47. The largest absolute Gasteiger partial charge is 0.389 e. The van der Waals surface area contributed by atoms with E-state index in [9.17, 15) is 9.90 Å². The van der Waals surface area contributed by atoms with E-state index in [1.165, 1.54) is 0 Å². The third-order valence-electron chi connectivity index (χ3n) is 1.47. The minimum absolute atomic E-state index is 0.375. The van der Waals surface area contributed by atoms with E-state index in [2.05, 4.69) is 0 Å². The number of aldehydes is 1. The first kappa shape index (κ1) is 10.4. The van der Waals surface area contributed by atoms with Crippen molar-refractivity contribution in [2.24, 2.45) is 0 Å². The topological polar surface area (TPSA) is 37.3 Å². The maximum atomic E-state index is 10.0. The number of allylic oxidation sites excluding steroid dienone is 1. The summed E-state index contributed by atoms with van der Waals surface area (Å²) in [5, 5.41) is 9.25. The van der Waals surface area contributed by atoms with E-state index in [1.807, 2.05) is 13.8 Å². The lowest BCUT2D eigenvalue weighted by Gasteiger charge is -2.03. The Balaban J connectivity index is 3.75. The minimum atomic E-state index is -0.375. The Morgan fingerprint density at radius 2 is 2.27 bits per heavy atom. The summed E-state index contributed by atoms with van der Waals surface area (Å²) >= 11 is 0. The summed E-state index contributed by atoms with van der Waals surface area (Å²) < 4.78 is 0.